The Morgan fingerprint density at radius 1 is 1.62 bits per heavy atom. The quantitative estimate of drug-likeness (QED) is 0.695. The maximum Gasteiger partial charge on any atom is 0.0634 e. The minimum absolute atomic E-state index is 0.575. The normalized spacial score (nSPS) is 24.9. The van der Waals surface area contributed by atoms with E-state index in [2.05, 4.69) is 16.5 Å². The maximum absolute atomic E-state index is 5.46. The summed E-state index contributed by atoms with van der Waals surface area (Å²) in [7, 11) is 2.00. The predicted octanol–water partition coefficient (Wildman–Crippen LogP) is 0.270. The van der Waals surface area contributed by atoms with Crippen LogP contribution in [0.5, 0.6) is 0 Å². The molecular formula is C9H20N2OS. The van der Waals surface area contributed by atoms with Gasteiger partial charge in [-0.15, -0.1) is 0 Å². The van der Waals surface area contributed by atoms with Gasteiger partial charge in [0.15, 0.2) is 0 Å². The van der Waals surface area contributed by atoms with Crippen LogP contribution in [0.25, 0.3) is 0 Å². The molecule has 0 aromatic heterocycles. The Labute approximate surface area is 85.2 Å². The monoisotopic (exact) mass is 204 g/mol. The molecule has 1 rings (SSSR count). The van der Waals surface area contributed by atoms with E-state index in [1.807, 2.05) is 18.8 Å². The molecule has 1 aliphatic rings. The summed E-state index contributed by atoms with van der Waals surface area (Å²) in [6.45, 7) is 5.10. The number of ether oxygens (including phenoxy) is 1. The molecule has 1 heterocycles. The summed E-state index contributed by atoms with van der Waals surface area (Å²) in [5, 5.41) is 3.22. The number of hydrogen-bond donors (Lipinski definition) is 1. The predicted molar refractivity (Wildman–Crippen MR) is 58.5 cm³/mol. The topological polar surface area (TPSA) is 24.5 Å². The van der Waals surface area contributed by atoms with E-state index in [0.29, 0.717) is 6.04 Å². The van der Waals surface area contributed by atoms with E-state index in [1.165, 1.54) is 12.3 Å². The van der Waals surface area contributed by atoms with Gasteiger partial charge in [-0.3, -0.25) is 4.90 Å². The number of hydrogen-bond acceptors (Lipinski definition) is 4. The molecule has 0 aliphatic carbocycles. The lowest BCUT2D eigenvalue weighted by molar-refractivity contribution is -0.00295. The smallest absolute Gasteiger partial charge is 0.0634 e. The average Bonchev–Trinajstić information content (AvgIpc) is 2.17. The van der Waals surface area contributed by atoms with E-state index in [9.17, 15) is 0 Å². The third-order valence-corrected chi connectivity index (χ3v) is 2.96. The Morgan fingerprint density at radius 3 is 3.15 bits per heavy atom. The average molecular weight is 204 g/mol. The van der Waals surface area contributed by atoms with E-state index in [1.54, 1.807) is 0 Å². The number of morpholine rings is 1. The molecule has 4 heteroatoms. The van der Waals surface area contributed by atoms with Crippen LogP contribution in [0, 0.1) is 0 Å². The van der Waals surface area contributed by atoms with Gasteiger partial charge < -0.3 is 10.1 Å². The van der Waals surface area contributed by atoms with Gasteiger partial charge in [-0.1, -0.05) is 0 Å². The summed E-state index contributed by atoms with van der Waals surface area (Å²) in [5.74, 6) is 1.22. The molecule has 1 aliphatic heterocycles. The van der Waals surface area contributed by atoms with Crippen LogP contribution in [0.3, 0.4) is 0 Å². The molecular weight excluding hydrogens is 184 g/mol. The highest BCUT2D eigenvalue weighted by Crippen LogP contribution is 2.07. The van der Waals surface area contributed by atoms with Crippen molar-refractivity contribution in [2.24, 2.45) is 0 Å². The Bertz CT molecular complexity index is 133. The Morgan fingerprint density at radius 2 is 2.46 bits per heavy atom. The van der Waals surface area contributed by atoms with Gasteiger partial charge in [0.05, 0.1) is 13.2 Å². The van der Waals surface area contributed by atoms with Crippen LogP contribution in [-0.2, 0) is 4.74 Å². The second-order valence-electron chi connectivity index (χ2n) is 3.32. The fourth-order valence-electron chi connectivity index (χ4n) is 1.62. The van der Waals surface area contributed by atoms with Crippen molar-refractivity contribution >= 4 is 11.8 Å². The van der Waals surface area contributed by atoms with Crippen LogP contribution >= 0.6 is 11.8 Å². The molecule has 1 atom stereocenters. The molecule has 1 N–H and O–H groups in total. The Balaban J connectivity index is 2.28. The van der Waals surface area contributed by atoms with Crippen molar-refractivity contribution in [2.75, 3.05) is 51.9 Å². The first-order valence-electron chi connectivity index (χ1n) is 4.83. The number of rotatable bonds is 5. The maximum atomic E-state index is 5.46. The summed E-state index contributed by atoms with van der Waals surface area (Å²) in [4.78, 5) is 2.52. The van der Waals surface area contributed by atoms with Gasteiger partial charge >= 0.3 is 0 Å². The second kappa shape index (κ2) is 6.65. The number of thioether (sulfide) groups is 1. The minimum atomic E-state index is 0.575. The van der Waals surface area contributed by atoms with Crippen LogP contribution in [0.15, 0.2) is 0 Å². The Hall–Kier alpha value is 0.230. The van der Waals surface area contributed by atoms with E-state index in [0.717, 1.165) is 26.3 Å². The van der Waals surface area contributed by atoms with Crippen molar-refractivity contribution in [1.82, 2.24) is 10.2 Å². The van der Waals surface area contributed by atoms with E-state index >= 15 is 0 Å². The van der Waals surface area contributed by atoms with Crippen molar-refractivity contribution in [3.05, 3.63) is 0 Å². The van der Waals surface area contributed by atoms with Crippen molar-refractivity contribution in [2.45, 2.75) is 6.04 Å². The first-order chi connectivity index (χ1) is 6.38. The molecule has 0 spiro atoms. The highest BCUT2D eigenvalue weighted by molar-refractivity contribution is 7.98. The standard InChI is InChI=1S/C9H20N2OS/c1-10-7-9-8-12-5-3-11(9)4-6-13-2/h9-10H,3-8H2,1-2H3. The molecule has 0 aromatic carbocycles. The van der Waals surface area contributed by atoms with Crippen molar-refractivity contribution in [1.29, 1.82) is 0 Å². The summed E-state index contributed by atoms with van der Waals surface area (Å²) in [6.07, 6.45) is 2.16. The van der Waals surface area contributed by atoms with Crippen LogP contribution in [0.2, 0.25) is 0 Å². The molecule has 1 unspecified atom stereocenters. The first kappa shape index (κ1) is 11.3. The van der Waals surface area contributed by atoms with Gasteiger partial charge in [0, 0.05) is 31.4 Å². The third kappa shape index (κ3) is 3.85. The van der Waals surface area contributed by atoms with E-state index in [-0.39, 0.29) is 0 Å². The molecule has 13 heavy (non-hydrogen) atoms. The van der Waals surface area contributed by atoms with Crippen molar-refractivity contribution in [3.63, 3.8) is 0 Å². The van der Waals surface area contributed by atoms with Crippen LogP contribution in [0.1, 0.15) is 0 Å². The van der Waals surface area contributed by atoms with Gasteiger partial charge in [-0.25, -0.2) is 0 Å². The van der Waals surface area contributed by atoms with Gasteiger partial charge in [0.1, 0.15) is 0 Å². The lowest BCUT2D eigenvalue weighted by atomic mass is 10.2. The zero-order chi connectivity index (χ0) is 9.52. The van der Waals surface area contributed by atoms with Gasteiger partial charge in [-0.2, -0.15) is 11.8 Å². The van der Waals surface area contributed by atoms with Crippen LogP contribution in [0.4, 0.5) is 0 Å². The fraction of sp³-hybridized carbons (Fsp3) is 1.00. The molecule has 0 bridgehead atoms. The largest absolute Gasteiger partial charge is 0.378 e. The summed E-state index contributed by atoms with van der Waals surface area (Å²) in [6, 6.07) is 0.575. The second-order valence-corrected chi connectivity index (χ2v) is 4.30. The van der Waals surface area contributed by atoms with Crippen molar-refractivity contribution in [3.8, 4) is 0 Å². The van der Waals surface area contributed by atoms with Gasteiger partial charge in [0.2, 0.25) is 0 Å². The fourth-order valence-corrected chi connectivity index (χ4v) is 2.03. The Kier molecular flexibility index (Phi) is 5.78. The molecule has 1 fully saturated rings. The molecule has 0 radical (unpaired) electrons. The molecule has 0 amide bonds. The SMILES string of the molecule is CNCC1COCCN1CCSC. The third-order valence-electron chi connectivity index (χ3n) is 2.37. The van der Waals surface area contributed by atoms with Gasteiger partial charge in [-0.05, 0) is 13.3 Å². The zero-order valence-corrected chi connectivity index (χ0v) is 9.40. The first-order valence-corrected chi connectivity index (χ1v) is 6.23. The molecule has 1 saturated heterocycles. The molecule has 0 aromatic rings. The minimum Gasteiger partial charge on any atom is -0.378 e. The zero-order valence-electron chi connectivity index (χ0n) is 8.58. The van der Waals surface area contributed by atoms with Gasteiger partial charge in [0.25, 0.3) is 0 Å². The summed E-state index contributed by atoms with van der Waals surface area (Å²) >= 11 is 1.91. The lowest BCUT2D eigenvalue weighted by Gasteiger charge is -2.35. The molecule has 0 saturated carbocycles. The van der Waals surface area contributed by atoms with E-state index in [4.69, 9.17) is 4.74 Å². The highest BCUT2D eigenvalue weighted by atomic mass is 32.2. The van der Waals surface area contributed by atoms with Crippen LogP contribution in [-0.4, -0.2) is 62.8 Å². The van der Waals surface area contributed by atoms with E-state index < -0.39 is 0 Å². The number of nitrogens with one attached hydrogen (secondary N) is 1. The molecule has 3 nitrogen and oxygen atoms in total. The van der Waals surface area contributed by atoms with Crippen molar-refractivity contribution < 1.29 is 4.74 Å². The summed E-state index contributed by atoms with van der Waals surface area (Å²) < 4.78 is 5.46. The lowest BCUT2D eigenvalue weighted by Crippen LogP contribution is -2.50. The number of nitrogens with zero attached hydrogens (tertiary/aromatic N) is 1. The summed E-state index contributed by atoms with van der Waals surface area (Å²) in [5.41, 5.74) is 0. The molecule has 78 valence electrons. The van der Waals surface area contributed by atoms with Crippen LogP contribution < -0.4 is 5.32 Å². The number of likely N-dealkylation sites (N-methyl/N-ethyl adjacent to an activating group) is 1. The highest BCUT2D eigenvalue weighted by Gasteiger charge is 2.21.